The number of ether oxygens (including phenoxy) is 3. The van der Waals surface area contributed by atoms with Gasteiger partial charge in [0, 0.05) is 36.2 Å². The summed E-state index contributed by atoms with van der Waals surface area (Å²) >= 11 is 0. The molecule has 0 aromatic heterocycles. The Morgan fingerprint density at radius 1 is 1.06 bits per heavy atom. The quantitative estimate of drug-likeness (QED) is 0.300. The van der Waals surface area contributed by atoms with Crippen molar-refractivity contribution < 1.29 is 32.0 Å². The van der Waals surface area contributed by atoms with Gasteiger partial charge in [-0.15, -0.1) is 0 Å². The van der Waals surface area contributed by atoms with Crippen molar-refractivity contribution in [3.63, 3.8) is 0 Å². The van der Waals surface area contributed by atoms with Crippen LogP contribution in [0.2, 0.25) is 0 Å². The van der Waals surface area contributed by atoms with Crippen molar-refractivity contribution in [2.75, 3.05) is 45.4 Å². The smallest absolute Gasteiger partial charge is 0.267 e. The predicted octanol–water partition coefficient (Wildman–Crippen LogP) is -0.868. The van der Waals surface area contributed by atoms with Gasteiger partial charge >= 0.3 is 0 Å². The zero-order chi connectivity index (χ0) is 13.1. The first-order chi connectivity index (χ1) is 7.95. The minimum atomic E-state index is -4.03. The van der Waals surface area contributed by atoms with Gasteiger partial charge in [-0.25, -0.2) is 0 Å². The van der Waals surface area contributed by atoms with Crippen molar-refractivity contribution in [1.82, 2.24) is 0 Å². The van der Waals surface area contributed by atoms with Crippen LogP contribution in [0.5, 0.6) is 0 Å². The molecule has 0 aromatic rings. The third-order valence-corrected chi connectivity index (χ3v) is 2.27. The zero-order valence-electron chi connectivity index (χ0n) is 10.8. The predicted molar refractivity (Wildman–Crippen MR) is 65.3 cm³/mol. The van der Waals surface area contributed by atoms with Gasteiger partial charge in [-0.05, 0) is 6.92 Å². The SMILES string of the molecule is CCOCCOCC(=O)COCCS(=O)(=O)O.[Na]. The largest absolute Gasteiger partial charge is 0.379 e. The molecular weight excluding hydrogens is 275 g/mol. The summed E-state index contributed by atoms with van der Waals surface area (Å²) in [5.41, 5.74) is 0. The first-order valence-electron chi connectivity index (χ1n) is 5.15. The van der Waals surface area contributed by atoms with E-state index in [2.05, 4.69) is 0 Å². The first kappa shape index (κ1) is 20.8. The number of carbonyl (C=O) groups excluding carboxylic acids is 1. The molecule has 18 heavy (non-hydrogen) atoms. The normalized spacial score (nSPS) is 11.0. The van der Waals surface area contributed by atoms with Crippen LogP contribution in [-0.2, 0) is 29.1 Å². The van der Waals surface area contributed by atoms with E-state index in [0.717, 1.165) is 0 Å². The number of hydrogen-bond acceptors (Lipinski definition) is 6. The maximum Gasteiger partial charge on any atom is 0.267 e. The van der Waals surface area contributed by atoms with Crippen molar-refractivity contribution in [2.24, 2.45) is 0 Å². The Bertz CT molecular complexity index is 304. The molecule has 103 valence electrons. The van der Waals surface area contributed by atoms with Crippen molar-refractivity contribution >= 4 is 45.5 Å². The summed E-state index contributed by atoms with van der Waals surface area (Å²) in [5.74, 6) is -0.817. The Morgan fingerprint density at radius 3 is 2.06 bits per heavy atom. The van der Waals surface area contributed by atoms with Gasteiger partial charge in [0.2, 0.25) is 0 Å². The van der Waals surface area contributed by atoms with E-state index in [4.69, 9.17) is 18.8 Å². The minimum Gasteiger partial charge on any atom is -0.379 e. The molecule has 0 aliphatic carbocycles. The Morgan fingerprint density at radius 2 is 1.56 bits per heavy atom. The third-order valence-electron chi connectivity index (χ3n) is 1.59. The minimum absolute atomic E-state index is 0. The van der Waals surface area contributed by atoms with Crippen LogP contribution in [0.3, 0.4) is 0 Å². The van der Waals surface area contributed by atoms with Crippen LogP contribution in [0.1, 0.15) is 6.92 Å². The molecule has 0 aliphatic heterocycles. The molecular formula is C9H18NaO7S. The fraction of sp³-hybridized carbons (Fsp3) is 0.889. The van der Waals surface area contributed by atoms with Gasteiger partial charge in [-0.2, -0.15) is 8.42 Å². The van der Waals surface area contributed by atoms with E-state index in [1.54, 1.807) is 0 Å². The monoisotopic (exact) mass is 293 g/mol. The molecule has 0 unspecified atom stereocenters. The number of Topliss-reactive ketones (excluding diaryl/α,β-unsaturated/α-hetero) is 1. The van der Waals surface area contributed by atoms with Gasteiger partial charge in [-0.1, -0.05) is 0 Å². The van der Waals surface area contributed by atoms with Crippen molar-refractivity contribution in [3.8, 4) is 0 Å². The van der Waals surface area contributed by atoms with E-state index in [1.165, 1.54) is 0 Å². The average Bonchev–Trinajstić information content (AvgIpc) is 2.23. The van der Waals surface area contributed by atoms with Crippen LogP contribution in [-0.4, -0.2) is 93.7 Å². The summed E-state index contributed by atoms with van der Waals surface area (Å²) in [7, 11) is -4.03. The van der Waals surface area contributed by atoms with Gasteiger partial charge in [-0.3, -0.25) is 9.35 Å². The van der Waals surface area contributed by atoms with E-state index >= 15 is 0 Å². The molecule has 0 atom stereocenters. The summed E-state index contributed by atoms with van der Waals surface area (Å²) in [6.07, 6.45) is 0. The molecule has 0 aromatic carbocycles. The second-order valence-electron chi connectivity index (χ2n) is 3.13. The van der Waals surface area contributed by atoms with Gasteiger partial charge in [0.15, 0.2) is 5.78 Å². The Hall–Kier alpha value is 0.460. The molecule has 0 fully saturated rings. The van der Waals surface area contributed by atoms with Crippen molar-refractivity contribution in [1.29, 1.82) is 0 Å². The third kappa shape index (κ3) is 16.5. The van der Waals surface area contributed by atoms with Gasteiger partial charge in [0.05, 0.1) is 25.6 Å². The summed E-state index contributed by atoms with van der Waals surface area (Å²) in [5, 5.41) is 0. The van der Waals surface area contributed by atoms with Gasteiger partial charge in [0.1, 0.15) is 13.2 Å². The average molecular weight is 293 g/mol. The number of ketones is 1. The van der Waals surface area contributed by atoms with Gasteiger partial charge < -0.3 is 14.2 Å². The van der Waals surface area contributed by atoms with Gasteiger partial charge in [0.25, 0.3) is 10.1 Å². The topological polar surface area (TPSA) is 99.1 Å². The molecule has 0 aliphatic rings. The Kier molecular flexibility index (Phi) is 14.4. The molecule has 7 nitrogen and oxygen atoms in total. The molecule has 9 heteroatoms. The van der Waals surface area contributed by atoms with Crippen LogP contribution >= 0.6 is 0 Å². The first-order valence-corrected chi connectivity index (χ1v) is 6.76. The molecule has 0 saturated carbocycles. The molecule has 0 heterocycles. The summed E-state index contributed by atoms with van der Waals surface area (Å²) < 4.78 is 43.7. The van der Waals surface area contributed by atoms with E-state index in [-0.39, 0.29) is 55.2 Å². The molecule has 0 rings (SSSR count). The molecule has 0 amide bonds. The van der Waals surface area contributed by atoms with E-state index < -0.39 is 15.9 Å². The Balaban J connectivity index is 0. The fourth-order valence-electron chi connectivity index (χ4n) is 0.840. The Labute approximate surface area is 129 Å². The zero-order valence-corrected chi connectivity index (χ0v) is 13.6. The molecule has 0 saturated heterocycles. The second kappa shape index (κ2) is 12.5. The van der Waals surface area contributed by atoms with Crippen LogP contribution in [0.15, 0.2) is 0 Å². The standard InChI is InChI=1S/C9H18O7S.Na/c1-2-14-3-4-15-7-9(10)8-16-5-6-17(11,12)13;/h2-8H2,1H3,(H,11,12,13);. The fourth-order valence-corrected chi connectivity index (χ4v) is 1.17. The maximum atomic E-state index is 11.1. The maximum absolute atomic E-state index is 11.1. The van der Waals surface area contributed by atoms with Crippen LogP contribution in [0, 0.1) is 0 Å². The number of rotatable bonds is 11. The van der Waals surface area contributed by atoms with Crippen molar-refractivity contribution in [3.05, 3.63) is 0 Å². The molecule has 1 N–H and O–H groups in total. The van der Waals surface area contributed by atoms with E-state index in [0.29, 0.717) is 19.8 Å². The number of hydrogen-bond donors (Lipinski definition) is 1. The molecule has 0 bridgehead atoms. The summed E-state index contributed by atoms with van der Waals surface area (Å²) in [4.78, 5) is 11.1. The van der Waals surface area contributed by atoms with E-state index in [1.807, 2.05) is 6.92 Å². The van der Waals surface area contributed by atoms with Crippen molar-refractivity contribution in [2.45, 2.75) is 6.92 Å². The summed E-state index contributed by atoms with van der Waals surface area (Å²) in [6, 6.07) is 0. The molecule has 0 spiro atoms. The van der Waals surface area contributed by atoms with Crippen LogP contribution in [0.4, 0.5) is 0 Å². The number of carbonyl (C=O) groups is 1. The molecule has 1 radical (unpaired) electrons. The van der Waals surface area contributed by atoms with E-state index in [9.17, 15) is 13.2 Å². The van der Waals surface area contributed by atoms with Crippen LogP contribution < -0.4 is 0 Å². The summed E-state index contributed by atoms with van der Waals surface area (Å²) in [6.45, 7) is 2.65. The second-order valence-corrected chi connectivity index (χ2v) is 4.70. The van der Waals surface area contributed by atoms with Crippen LogP contribution in [0.25, 0.3) is 0 Å².